The first-order valence-electron chi connectivity index (χ1n) is 6.01. The number of thiocarbonyl (C=S) groups is 1. The van der Waals surface area contributed by atoms with Gasteiger partial charge in [0.05, 0.1) is 0 Å². The Hall–Kier alpha value is -1.42. The molecule has 88 valence electrons. The van der Waals surface area contributed by atoms with Gasteiger partial charge in [-0.25, -0.2) is 0 Å². The molecular weight excluding hydrogens is 230 g/mol. The third-order valence-electron chi connectivity index (χ3n) is 3.63. The van der Waals surface area contributed by atoms with Crippen molar-refractivity contribution in [3.63, 3.8) is 0 Å². The van der Waals surface area contributed by atoms with Crippen LogP contribution < -0.4 is 10.2 Å². The molecule has 1 saturated carbocycles. The molecular formula is C13H15N3S. The number of para-hydroxylation sites is 1. The number of benzene rings is 1. The zero-order chi connectivity index (χ0) is 11.8. The summed E-state index contributed by atoms with van der Waals surface area (Å²) in [4.78, 5) is 1.86. The van der Waals surface area contributed by atoms with Gasteiger partial charge in [-0.3, -0.25) is 10.3 Å². The van der Waals surface area contributed by atoms with Crippen molar-refractivity contribution in [2.45, 2.75) is 25.3 Å². The largest absolute Gasteiger partial charge is 0.358 e. The Labute approximate surface area is 106 Å². The highest BCUT2D eigenvalue weighted by molar-refractivity contribution is 7.80. The van der Waals surface area contributed by atoms with Crippen molar-refractivity contribution in [3.8, 4) is 0 Å². The Morgan fingerprint density at radius 3 is 2.76 bits per heavy atom. The van der Waals surface area contributed by atoms with Crippen molar-refractivity contribution in [2.24, 2.45) is 5.92 Å². The van der Waals surface area contributed by atoms with Crippen molar-refractivity contribution in [1.29, 1.82) is 5.41 Å². The lowest BCUT2D eigenvalue weighted by atomic mass is 9.99. The van der Waals surface area contributed by atoms with Gasteiger partial charge in [0.25, 0.3) is 0 Å². The van der Waals surface area contributed by atoms with Crippen molar-refractivity contribution in [2.75, 3.05) is 4.90 Å². The third kappa shape index (κ3) is 1.72. The molecule has 2 fully saturated rings. The molecule has 3 nitrogen and oxygen atoms in total. The smallest absolute Gasteiger partial charge is 0.179 e. The number of rotatable bonds is 1. The zero-order valence-corrected chi connectivity index (χ0v) is 10.3. The molecule has 1 aromatic carbocycles. The van der Waals surface area contributed by atoms with Crippen LogP contribution in [0.5, 0.6) is 0 Å². The summed E-state index contributed by atoms with van der Waals surface area (Å²) >= 11 is 5.38. The minimum absolute atomic E-state index is 0.321. The van der Waals surface area contributed by atoms with E-state index >= 15 is 0 Å². The maximum atomic E-state index is 8.34. The highest BCUT2D eigenvalue weighted by Crippen LogP contribution is 2.32. The molecule has 1 saturated heterocycles. The van der Waals surface area contributed by atoms with Gasteiger partial charge in [0, 0.05) is 17.6 Å². The molecule has 1 heterocycles. The molecule has 2 N–H and O–H groups in total. The molecule has 17 heavy (non-hydrogen) atoms. The topological polar surface area (TPSA) is 39.1 Å². The maximum Gasteiger partial charge on any atom is 0.179 e. The van der Waals surface area contributed by atoms with Crippen LogP contribution in [0.4, 0.5) is 5.69 Å². The van der Waals surface area contributed by atoms with E-state index in [9.17, 15) is 0 Å². The molecule has 0 aromatic heterocycles. The van der Waals surface area contributed by atoms with Crippen molar-refractivity contribution >= 4 is 28.9 Å². The van der Waals surface area contributed by atoms with Crippen LogP contribution in [0, 0.1) is 11.3 Å². The van der Waals surface area contributed by atoms with E-state index in [2.05, 4.69) is 5.32 Å². The molecule has 2 atom stereocenters. The van der Waals surface area contributed by atoms with Gasteiger partial charge in [-0.2, -0.15) is 0 Å². The maximum absolute atomic E-state index is 8.34. The summed E-state index contributed by atoms with van der Waals surface area (Å²) in [5.74, 6) is 0.976. The van der Waals surface area contributed by atoms with E-state index in [4.69, 9.17) is 17.6 Å². The Kier molecular flexibility index (Phi) is 2.59. The van der Waals surface area contributed by atoms with Crippen LogP contribution in [0.2, 0.25) is 0 Å². The van der Waals surface area contributed by atoms with Crippen molar-refractivity contribution < 1.29 is 0 Å². The number of hydrogen-bond donors (Lipinski definition) is 2. The highest BCUT2D eigenvalue weighted by Gasteiger charge is 2.39. The van der Waals surface area contributed by atoms with Gasteiger partial charge in [-0.1, -0.05) is 24.6 Å². The summed E-state index contributed by atoms with van der Waals surface area (Å²) in [5, 5.41) is 12.4. The van der Waals surface area contributed by atoms with Crippen LogP contribution >= 0.6 is 12.2 Å². The summed E-state index contributed by atoms with van der Waals surface area (Å²) < 4.78 is 0. The standard InChI is InChI=1S/C13H15N3S/c14-12-10-7-4-8-11(10)15-13(17)16(12)9-5-2-1-3-6-9/h1-3,5-6,10-11,14H,4,7-8H2,(H,15,17)/t10-,11+/m0/s1. The molecule has 0 radical (unpaired) electrons. The van der Waals surface area contributed by atoms with Crippen LogP contribution in [0.3, 0.4) is 0 Å². The second-order valence-electron chi connectivity index (χ2n) is 4.65. The molecule has 0 unspecified atom stereocenters. The normalized spacial score (nSPS) is 27.9. The van der Waals surface area contributed by atoms with Gasteiger partial charge in [0.2, 0.25) is 0 Å². The van der Waals surface area contributed by atoms with Gasteiger partial charge in [0.15, 0.2) is 5.11 Å². The lowest BCUT2D eigenvalue weighted by Crippen LogP contribution is -2.58. The van der Waals surface area contributed by atoms with E-state index in [1.54, 1.807) is 0 Å². The van der Waals surface area contributed by atoms with E-state index in [0.29, 0.717) is 22.9 Å². The number of anilines is 1. The van der Waals surface area contributed by atoms with Gasteiger partial charge >= 0.3 is 0 Å². The van der Waals surface area contributed by atoms with Crippen LogP contribution in [0.1, 0.15) is 19.3 Å². The molecule has 3 rings (SSSR count). The first-order valence-corrected chi connectivity index (χ1v) is 6.42. The van der Waals surface area contributed by atoms with E-state index in [1.165, 1.54) is 6.42 Å². The van der Waals surface area contributed by atoms with Crippen molar-refractivity contribution in [3.05, 3.63) is 30.3 Å². The Bertz CT molecular complexity index is 457. The summed E-state index contributed by atoms with van der Waals surface area (Å²) in [6.45, 7) is 0. The molecule has 1 aromatic rings. The first kappa shape index (κ1) is 10.7. The quantitative estimate of drug-likeness (QED) is 0.747. The summed E-state index contributed by atoms with van der Waals surface area (Å²) in [5.41, 5.74) is 0.986. The number of nitrogens with zero attached hydrogens (tertiary/aromatic N) is 1. The monoisotopic (exact) mass is 245 g/mol. The average Bonchev–Trinajstić information content (AvgIpc) is 2.78. The second kappa shape index (κ2) is 4.11. The van der Waals surface area contributed by atoms with Crippen LogP contribution in [0.25, 0.3) is 0 Å². The average molecular weight is 245 g/mol. The van der Waals surface area contributed by atoms with E-state index in [0.717, 1.165) is 18.5 Å². The molecule has 0 amide bonds. The fourth-order valence-corrected chi connectivity index (χ4v) is 3.15. The lowest BCUT2D eigenvalue weighted by molar-refractivity contribution is 0.537. The Morgan fingerprint density at radius 2 is 2.00 bits per heavy atom. The fraction of sp³-hybridized carbons (Fsp3) is 0.385. The molecule has 2 aliphatic rings. The van der Waals surface area contributed by atoms with E-state index < -0.39 is 0 Å². The first-order chi connectivity index (χ1) is 8.27. The van der Waals surface area contributed by atoms with E-state index in [-0.39, 0.29) is 0 Å². The van der Waals surface area contributed by atoms with E-state index in [1.807, 2.05) is 35.2 Å². The Balaban J connectivity index is 1.94. The van der Waals surface area contributed by atoms with Gasteiger partial charge in [-0.05, 0) is 37.2 Å². The highest BCUT2D eigenvalue weighted by atomic mass is 32.1. The predicted octanol–water partition coefficient (Wildman–Crippen LogP) is 2.53. The zero-order valence-electron chi connectivity index (χ0n) is 9.52. The fourth-order valence-electron chi connectivity index (χ4n) is 2.79. The number of nitrogens with one attached hydrogen (secondary N) is 2. The summed E-state index contributed by atoms with van der Waals surface area (Å²) in [6.07, 6.45) is 3.42. The van der Waals surface area contributed by atoms with Gasteiger partial charge in [-0.15, -0.1) is 0 Å². The minimum atomic E-state index is 0.321. The number of fused-ring (bicyclic) bond motifs is 1. The summed E-state index contributed by atoms with van der Waals surface area (Å²) in [6, 6.07) is 10.3. The number of amidine groups is 1. The van der Waals surface area contributed by atoms with Gasteiger partial charge < -0.3 is 5.32 Å². The molecule has 1 aliphatic carbocycles. The molecule has 1 aliphatic heterocycles. The van der Waals surface area contributed by atoms with Crippen LogP contribution in [-0.4, -0.2) is 17.0 Å². The van der Waals surface area contributed by atoms with Crippen LogP contribution in [-0.2, 0) is 0 Å². The summed E-state index contributed by atoms with van der Waals surface area (Å²) in [7, 11) is 0. The lowest BCUT2D eigenvalue weighted by Gasteiger charge is -2.38. The predicted molar refractivity (Wildman–Crippen MR) is 73.5 cm³/mol. The number of hydrogen-bond acceptors (Lipinski definition) is 2. The minimum Gasteiger partial charge on any atom is -0.358 e. The second-order valence-corrected chi connectivity index (χ2v) is 5.04. The third-order valence-corrected chi connectivity index (χ3v) is 3.93. The SMILES string of the molecule is N=C1[C@H]2CCC[C@H]2NC(=S)N1c1ccccc1. The molecule has 4 heteroatoms. The molecule has 0 bridgehead atoms. The molecule has 0 spiro atoms. The van der Waals surface area contributed by atoms with Gasteiger partial charge in [0.1, 0.15) is 5.84 Å². The Morgan fingerprint density at radius 1 is 1.24 bits per heavy atom. The van der Waals surface area contributed by atoms with Crippen molar-refractivity contribution in [1.82, 2.24) is 5.32 Å². The van der Waals surface area contributed by atoms with Crippen LogP contribution in [0.15, 0.2) is 30.3 Å².